The van der Waals surface area contributed by atoms with Gasteiger partial charge in [0.2, 0.25) is 5.91 Å². The van der Waals surface area contributed by atoms with Crippen LogP contribution >= 0.6 is 0 Å². The van der Waals surface area contributed by atoms with E-state index in [-0.39, 0.29) is 23.7 Å². The number of amides is 2. The number of aromatic carboxylic acids is 1. The molecular weight excluding hydrogens is 262 g/mol. The standard InChI is InChI=1S/C13H15N3O4/c17-11(16-5-1-2-6-16)8-15-12(18)9-3-4-14-10(7-9)13(19)20/h3-4,7H,1-2,5-6,8H2,(H,15,18)(H,19,20). The lowest BCUT2D eigenvalue weighted by atomic mass is 10.2. The van der Waals surface area contributed by atoms with Gasteiger partial charge in [0, 0.05) is 24.8 Å². The largest absolute Gasteiger partial charge is 0.477 e. The van der Waals surface area contributed by atoms with Crippen molar-refractivity contribution in [1.82, 2.24) is 15.2 Å². The molecule has 0 bridgehead atoms. The summed E-state index contributed by atoms with van der Waals surface area (Å²) >= 11 is 0. The van der Waals surface area contributed by atoms with E-state index >= 15 is 0 Å². The van der Waals surface area contributed by atoms with Gasteiger partial charge in [-0.15, -0.1) is 0 Å². The zero-order valence-electron chi connectivity index (χ0n) is 10.8. The first-order chi connectivity index (χ1) is 9.58. The highest BCUT2D eigenvalue weighted by Crippen LogP contribution is 2.07. The van der Waals surface area contributed by atoms with Gasteiger partial charge in [-0.25, -0.2) is 9.78 Å². The molecule has 2 heterocycles. The molecule has 1 saturated heterocycles. The summed E-state index contributed by atoms with van der Waals surface area (Å²) in [6.45, 7) is 1.38. The molecule has 0 atom stereocenters. The molecule has 0 aromatic carbocycles. The van der Waals surface area contributed by atoms with Crippen molar-refractivity contribution in [1.29, 1.82) is 0 Å². The van der Waals surface area contributed by atoms with E-state index in [2.05, 4.69) is 10.3 Å². The van der Waals surface area contributed by atoms with Crippen molar-refractivity contribution in [2.45, 2.75) is 12.8 Å². The fraction of sp³-hybridized carbons (Fsp3) is 0.385. The number of carboxylic acids is 1. The molecule has 2 rings (SSSR count). The van der Waals surface area contributed by atoms with Crippen LogP contribution in [0.15, 0.2) is 18.3 Å². The van der Waals surface area contributed by atoms with E-state index < -0.39 is 11.9 Å². The van der Waals surface area contributed by atoms with Gasteiger partial charge in [-0.2, -0.15) is 0 Å². The highest BCUT2D eigenvalue weighted by atomic mass is 16.4. The molecule has 1 aliphatic rings. The Morgan fingerprint density at radius 2 is 2.00 bits per heavy atom. The maximum atomic E-state index is 11.8. The second kappa shape index (κ2) is 6.14. The number of hydrogen-bond acceptors (Lipinski definition) is 4. The van der Waals surface area contributed by atoms with Gasteiger partial charge in [-0.3, -0.25) is 9.59 Å². The minimum atomic E-state index is -1.20. The van der Waals surface area contributed by atoms with Crippen molar-refractivity contribution in [2.24, 2.45) is 0 Å². The van der Waals surface area contributed by atoms with Crippen LogP contribution in [-0.2, 0) is 4.79 Å². The number of carbonyl (C=O) groups excluding carboxylic acids is 2. The summed E-state index contributed by atoms with van der Waals surface area (Å²) < 4.78 is 0. The topological polar surface area (TPSA) is 99.6 Å². The number of likely N-dealkylation sites (tertiary alicyclic amines) is 1. The lowest BCUT2D eigenvalue weighted by Crippen LogP contribution is -2.38. The Morgan fingerprint density at radius 3 is 2.65 bits per heavy atom. The van der Waals surface area contributed by atoms with Crippen LogP contribution in [0.2, 0.25) is 0 Å². The Hall–Kier alpha value is -2.44. The van der Waals surface area contributed by atoms with Crippen LogP contribution in [0.3, 0.4) is 0 Å². The van der Waals surface area contributed by atoms with Gasteiger partial charge in [0.1, 0.15) is 5.69 Å². The Morgan fingerprint density at radius 1 is 1.30 bits per heavy atom. The van der Waals surface area contributed by atoms with Crippen LogP contribution in [-0.4, -0.2) is 52.4 Å². The van der Waals surface area contributed by atoms with Crippen molar-refractivity contribution >= 4 is 17.8 Å². The van der Waals surface area contributed by atoms with Crippen LogP contribution in [0.1, 0.15) is 33.7 Å². The number of carboxylic acid groups (broad SMARTS) is 1. The molecule has 0 saturated carbocycles. The third-order valence-electron chi connectivity index (χ3n) is 3.10. The Labute approximate surface area is 115 Å². The van der Waals surface area contributed by atoms with Crippen molar-refractivity contribution in [3.05, 3.63) is 29.6 Å². The second-order valence-corrected chi connectivity index (χ2v) is 4.51. The van der Waals surface area contributed by atoms with E-state index in [1.54, 1.807) is 4.90 Å². The maximum Gasteiger partial charge on any atom is 0.354 e. The summed E-state index contributed by atoms with van der Waals surface area (Å²) in [5.74, 6) is -1.81. The van der Waals surface area contributed by atoms with Crippen LogP contribution < -0.4 is 5.32 Å². The predicted molar refractivity (Wildman–Crippen MR) is 69.3 cm³/mol. The molecule has 0 spiro atoms. The Bertz CT molecular complexity index is 538. The fourth-order valence-corrected chi connectivity index (χ4v) is 2.03. The first kappa shape index (κ1) is 14.0. The quantitative estimate of drug-likeness (QED) is 0.815. The summed E-state index contributed by atoms with van der Waals surface area (Å²) in [6, 6.07) is 2.58. The third kappa shape index (κ3) is 3.31. The average molecular weight is 277 g/mol. The fourth-order valence-electron chi connectivity index (χ4n) is 2.03. The summed E-state index contributed by atoms with van der Waals surface area (Å²) in [6.07, 6.45) is 3.23. The molecule has 1 aromatic heterocycles. The highest BCUT2D eigenvalue weighted by Gasteiger charge is 2.18. The number of nitrogens with zero attached hydrogens (tertiary/aromatic N) is 2. The summed E-state index contributed by atoms with van der Waals surface area (Å²) in [7, 11) is 0. The minimum absolute atomic E-state index is 0.0798. The van der Waals surface area contributed by atoms with Gasteiger partial charge < -0.3 is 15.3 Å². The van der Waals surface area contributed by atoms with Crippen LogP contribution in [0.5, 0.6) is 0 Å². The third-order valence-corrected chi connectivity index (χ3v) is 3.10. The van der Waals surface area contributed by atoms with Gasteiger partial charge in [-0.05, 0) is 25.0 Å². The Balaban J connectivity index is 1.92. The van der Waals surface area contributed by atoms with Crippen LogP contribution in [0.4, 0.5) is 0 Å². The zero-order valence-corrected chi connectivity index (χ0v) is 10.8. The molecular formula is C13H15N3O4. The number of carbonyl (C=O) groups is 3. The first-order valence-corrected chi connectivity index (χ1v) is 6.33. The molecule has 20 heavy (non-hydrogen) atoms. The second-order valence-electron chi connectivity index (χ2n) is 4.51. The minimum Gasteiger partial charge on any atom is -0.477 e. The van der Waals surface area contributed by atoms with Gasteiger partial charge >= 0.3 is 5.97 Å². The van der Waals surface area contributed by atoms with E-state index in [9.17, 15) is 14.4 Å². The van der Waals surface area contributed by atoms with Crippen LogP contribution in [0.25, 0.3) is 0 Å². The lowest BCUT2D eigenvalue weighted by molar-refractivity contribution is -0.129. The molecule has 1 aliphatic heterocycles. The summed E-state index contributed by atoms with van der Waals surface area (Å²) in [4.78, 5) is 39.7. The van der Waals surface area contributed by atoms with Gasteiger partial charge in [0.05, 0.1) is 6.54 Å². The first-order valence-electron chi connectivity index (χ1n) is 6.33. The van der Waals surface area contributed by atoms with Gasteiger partial charge in [-0.1, -0.05) is 0 Å². The predicted octanol–water partition coefficient (Wildman–Crippen LogP) is 0.132. The number of pyridine rings is 1. The molecule has 2 amide bonds. The molecule has 1 fully saturated rings. The molecule has 106 valence electrons. The van der Waals surface area contributed by atoms with E-state index in [1.165, 1.54) is 18.3 Å². The van der Waals surface area contributed by atoms with E-state index in [0.29, 0.717) is 0 Å². The van der Waals surface area contributed by atoms with Crippen LogP contribution in [0, 0.1) is 0 Å². The molecule has 7 heteroatoms. The molecule has 0 aliphatic carbocycles. The van der Waals surface area contributed by atoms with E-state index in [4.69, 9.17) is 5.11 Å². The highest BCUT2D eigenvalue weighted by molar-refractivity contribution is 5.98. The van der Waals surface area contributed by atoms with Gasteiger partial charge in [0.15, 0.2) is 0 Å². The normalized spacial score (nSPS) is 14.1. The van der Waals surface area contributed by atoms with Crippen molar-refractivity contribution < 1.29 is 19.5 Å². The number of hydrogen-bond donors (Lipinski definition) is 2. The number of aromatic nitrogens is 1. The number of nitrogens with one attached hydrogen (secondary N) is 1. The molecule has 0 unspecified atom stereocenters. The number of rotatable bonds is 4. The van der Waals surface area contributed by atoms with E-state index in [0.717, 1.165) is 25.9 Å². The maximum absolute atomic E-state index is 11.8. The van der Waals surface area contributed by atoms with Crippen molar-refractivity contribution in [2.75, 3.05) is 19.6 Å². The lowest BCUT2D eigenvalue weighted by Gasteiger charge is -2.15. The summed E-state index contributed by atoms with van der Waals surface area (Å²) in [5, 5.41) is 11.3. The van der Waals surface area contributed by atoms with Crippen molar-refractivity contribution in [3.63, 3.8) is 0 Å². The van der Waals surface area contributed by atoms with Crippen molar-refractivity contribution in [3.8, 4) is 0 Å². The van der Waals surface area contributed by atoms with E-state index in [1.807, 2.05) is 0 Å². The SMILES string of the molecule is O=C(NCC(=O)N1CCCC1)c1ccnc(C(=O)O)c1. The average Bonchev–Trinajstić information content (AvgIpc) is 2.98. The summed E-state index contributed by atoms with van der Waals surface area (Å²) in [5.41, 5.74) is -0.0323. The monoisotopic (exact) mass is 277 g/mol. The zero-order chi connectivity index (χ0) is 14.5. The molecule has 2 N–H and O–H groups in total. The molecule has 7 nitrogen and oxygen atoms in total. The molecule has 1 aromatic rings. The molecule has 0 radical (unpaired) electrons. The smallest absolute Gasteiger partial charge is 0.354 e. The Kier molecular flexibility index (Phi) is 4.29. The van der Waals surface area contributed by atoms with Gasteiger partial charge in [0.25, 0.3) is 5.91 Å².